The second-order valence-corrected chi connectivity index (χ2v) is 8.41. The van der Waals surface area contributed by atoms with Crippen LogP contribution in [0.1, 0.15) is 31.1 Å². The first-order valence-corrected chi connectivity index (χ1v) is 11.3. The van der Waals surface area contributed by atoms with Crippen molar-refractivity contribution >= 4 is 23.4 Å². The summed E-state index contributed by atoms with van der Waals surface area (Å²) in [5.41, 5.74) is 5.58. The maximum Gasteiger partial charge on any atom is 0.267 e. The third-order valence-electron chi connectivity index (χ3n) is 5.84. The predicted octanol–water partition coefficient (Wildman–Crippen LogP) is 4.15. The van der Waals surface area contributed by atoms with Gasteiger partial charge in [-0.1, -0.05) is 24.3 Å². The van der Waals surface area contributed by atoms with Crippen molar-refractivity contribution in [2.45, 2.75) is 19.9 Å². The summed E-state index contributed by atoms with van der Waals surface area (Å²) in [5, 5.41) is 9.42. The molecule has 33 heavy (non-hydrogen) atoms. The van der Waals surface area contributed by atoms with Crippen molar-refractivity contribution in [3.05, 3.63) is 82.4 Å². The highest BCUT2D eigenvalue weighted by molar-refractivity contribution is 5.87. The van der Waals surface area contributed by atoms with Crippen molar-refractivity contribution in [3.8, 4) is 11.3 Å². The Hall–Kier alpha value is -3.71. The number of aromatic nitrogens is 4. The fourth-order valence-corrected chi connectivity index (χ4v) is 4.12. The summed E-state index contributed by atoms with van der Waals surface area (Å²) in [4.78, 5) is 14.6. The van der Waals surface area contributed by atoms with Gasteiger partial charge in [0.05, 0.1) is 41.7 Å². The first kappa shape index (κ1) is 21.2. The average molecular weight is 442 g/mol. The van der Waals surface area contributed by atoms with E-state index in [1.807, 2.05) is 48.8 Å². The normalized spacial score (nSPS) is 14.6. The zero-order chi connectivity index (χ0) is 22.8. The molecule has 1 aromatic carbocycles. The summed E-state index contributed by atoms with van der Waals surface area (Å²) < 4.78 is 8.81. The summed E-state index contributed by atoms with van der Waals surface area (Å²) in [7, 11) is 0. The minimum absolute atomic E-state index is 0.0248. The van der Waals surface area contributed by atoms with E-state index in [-0.39, 0.29) is 11.6 Å². The molecule has 0 saturated carbocycles. The van der Waals surface area contributed by atoms with Crippen molar-refractivity contribution in [1.82, 2.24) is 19.4 Å². The molecule has 5 rings (SSSR count). The molecule has 0 atom stereocenters. The molecule has 0 N–H and O–H groups in total. The number of fused-ring (bicyclic) bond motifs is 1. The molecule has 1 fully saturated rings. The quantitative estimate of drug-likeness (QED) is 0.466. The van der Waals surface area contributed by atoms with Crippen LogP contribution in [0.5, 0.6) is 0 Å². The minimum atomic E-state index is -0.109. The zero-order valence-electron chi connectivity index (χ0n) is 18.9. The highest BCUT2D eigenvalue weighted by Gasteiger charge is 2.16. The van der Waals surface area contributed by atoms with Crippen LogP contribution in [-0.2, 0) is 4.74 Å². The van der Waals surface area contributed by atoms with Crippen molar-refractivity contribution in [2.24, 2.45) is 0 Å². The second kappa shape index (κ2) is 9.03. The molecule has 0 bridgehead atoms. The van der Waals surface area contributed by atoms with Gasteiger partial charge in [0, 0.05) is 31.0 Å². The van der Waals surface area contributed by atoms with E-state index < -0.39 is 0 Å². The molecule has 0 aliphatic carbocycles. The Labute approximate surface area is 192 Å². The van der Waals surface area contributed by atoms with E-state index in [9.17, 15) is 4.79 Å². The van der Waals surface area contributed by atoms with Crippen LogP contribution in [-0.4, -0.2) is 45.7 Å². The van der Waals surface area contributed by atoms with Crippen LogP contribution in [0.4, 0.5) is 5.69 Å². The molecule has 4 heterocycles. The summed E-state index contributed by atoms with van der Waals surface area (Å²) in [6.07, 6.45) is 6.00. The monoisotopic (exact) mass is 441 g/mol. The maximum atomic E-state index is 12.2. The largest absolute Gasteiger partial charge is 0.378 e. The minimum Gasteiger partial charge on any atom is -0.378 e. The van der Waals surface area contributed by atoms with Crippen LogP contribution in [0.15, 0.2) is 65.6 Å². The van der Waals surface area contributed by atoms with Crippen LogP contribution in [0.3, 0.4) is 0 Å². The summed E-state index contributed by atoms with van der Waals surface area (Å²) in [6.45, 7) is 7.30. The summed E-state index contributed by atoms with van der Waals surface area (Å²) in [5.74, 6) is 0. The predicted molar refractivity (Wildman–Crippen MR) is 131 cm³/mol. The Morgan fingerprint density at radius 3 is 2.48 bits per heavy atom. The second-order valence-electron chi connectivity index (χ2n) is 8.41. The van der Waals surface area contributed by atoms with Gasteiger partial charge in [-0.15, -0.1) is 0 Å². The lowest BCUT2D eigenvalue weighted by atomic mass is 10.1. The van der Waals surface area contributed by atoms with Crippen LogP contribution < -0.4 is 10.5 Å². The molecule has 0 amide bonds. The molecule has 1 saturated heterocycles. The van der Waals surface area contributed by atoms with E-state index in [1.165, 1.54) is 10.4 Å². The standard InChI is InChI=1S/C26H27N5O2/c1-19(2)31-25(32)13-12-23(28-31)26-22(27-30-14-4-3-5-24(26)30)11-8-20-6-9-21(10-7-20)29-15-17-33-18-16-29/h3-14,19H,15-18H2,1-2H3. The average Bonchev–Trinajstić information content (AvgIpc) is 3.22. The van der Waals surface area contributed by atoms with E-state index in [0.29, 0.717) is 0 Å². The molecule has 0 unspecified atom stereocenters. The highest BCUT2D eigenvalue weighted by atomic mass is 16.5. The Bertz CT molecular complexity index is 1350. The summed E-state index contributed by atoms with van der Waals surface area (Å²) >= 11 is 0. The van der Waals surface area contributed by atoms with Crippen LogP contribution >= 0.6 is 0 Å². The van der Waals surface area contributed by atoms with E-state index in [1.54, 1.807) is 12.1 Å². The van der Waals surface area contributed by atoms with Crippen LogP contribution in [0.2, 0.25) is 0 Å². The topological polar surface area (TPSA) is 64.7 Å². The van der Waals surface area contributed by atoms with E-state index in [0.717, 1.165) is 54.3 Å². The Balaban J connectivity index is 1.51. The Morgan fingerprint density at radius 1 is 0.939 bits per heavy atom. The van der Waals surface area contributed by atoms with Gasteiger partial charge in [0.15, 0.2) is 0 Å². The molecule has 168 valence electrons. The van der Waals surface area contributed by atoms with Gasteiger partial charge in [0.25, 0.3) is 5.56 Å². The van der Waals surface area contributed by atoms with Gasteiger partial charge in [-0.2, -0.15) is 10.2 Å². The van der Waals surface area contributed by atoms with Gasteiger partial charge in [-0.05, 0) is 55.8 Å². The lowest BCUT2D eigenvalue weighted by molar-refractivity contribution is 0.122. The van der Waals surface area contributed by atoms with Gasteiger partial charge in [0.1, 0.15) is 0 Å². The van der Waals surface area contributed by atoms with Crippen LogP contribution in [0.25, 0.3) is 28.9 Å². The maximum absolute atomic E-state index is 12.2. The number of pyridine rings is 1. The SMILES string of the molecule is CC(C)n1nc(-c2c(C=Cc3ccc(N4CCOCC4)cc3)nn3ccccc23)ccc1=O. The van der Waals surface area contributed by atoms with E-state index in [4.69, 9.17) is 9.84 Å². The number of ether oxygens (including phenoxy) is 1. The number of nitrogens with zero attached hydrogens (tertiary/aromatic N) is 5. The number of hydrogen-bond donors (Lipinski definition) is 0. The number of morpholine rings is 1. The summed E-state index contributed by atoms with van der Waals surface area (Å²) in [6, 6.07) is 17.8. The van der Waals surface area contributed by atoms with Gasteiger partial charge in [-0.25, -0.2) is 9.20 Å². The number of anilines is 1. The van der Waals surface area contributed by atoms with Crippen molar-refractivity contribution in [1.29, 1.82) is 0 Å². The van der Waals surface area contributed by atoms with Crippen molar-refractivity contribution < 1.29 is 4.74 Å². The van der Waals surface area contributed by atoms with E-state index >= 15 is 0 Å². The lowest BCUT2D eigenvalue weighted by Gasteiger charge is -2.28. The van der Waals surface area contributed by atoms with Gasteiger partial charge in [-0.3, -0.25) is 4.79 Å². The molecule has 7 nitrogen and oxygen atoms in total. The highest BCUT2D eigenvalue weighted by Crippen LogP contribution is 2.28. The number of benzene rings is 1. The molecule has 7 heteroatoms. The third kappa shape index (κ3) is 4.32. The molecular formula is C26H27N5O2. The van der Waals surface area contributed by atoms with Gasteiger partial charge >= 0.3 is 0 Å². The molecule has 1 aliphatic heterocycles. The van der Waals surface area contributed by atoms with Crippen molar-refractivity contribution in [3.63, 3.8) is 0 Å². The Kier molecular flexibility index (Phi) is 5.79. The Morgan fingerprint density at radius 2 is 1.73 bits per heavy atom. The molecule has 3 aromatic heterocycles. The zero-order valence-corrected chi connectivity index (χ0v) is 18.9. The molecule has 1 aliphatic rings. The van der Waals surface area contributed by atoms with E-state index in [2.05, 4.69) is 40.3 Å². The van der Waals surface area contributed by atoms with Crippen molar-refractivity contribution in [2.75, 3.05) is 31.2 Å². The fourth-order valence-electron chi connectivity index (χ4n) is 4.12. The smallest absolute Gasteiger partial charge is 0.267 e. The third-order valence-corrected chi connectivity index (χ3v) is 5.84. The molecule has 4 aromatic rings. The number of hydrogen-bond acceptors (Lipinski definition) is 5. The molecule has 0 radical (unpaired) electrons. The first-order valence-electron chi connectivity index (χ1n) is 11.3. The van der Waals surface area contributed by atoms with Gasteiger partial charge in [0.2, 0.25) is 0 Å². The number of rotatable bonds is 5. The molecular weight excluding hydrogens is 414 g/mol. The first-order chi connectivity index (χ1) is 16.1. The van der Waals surface area contributed by atoms with Gasteiger partial charge < -0.3 is 9.64 Å². The molecule has 0 spiro atoms. The fraction of sp³-hybridized carbons (Fsp3) is 0.269. The lowest BCUT2D eigenvalue weighted by Crippen LogP contribution is -2.36. The van der Waals surface area contributed by atoms with Crippen LogP contribution in [0, 0.1) is 0 Å².